The molecule has 3 nitrogen and oxygen atoms in total. The summed E-state index contributed by atoms with van der Waals surface area (Å²) in [5.74, 6) is -2.26. The third kappa shape index (κ3) is 5.45. The van der Waals surface area contributed by atoms with E-state index in [1.807, 2.05) is 0 Å². The Hall–Kier alpha value is -2.21. The summed E-state index contributed by atoms with van der Waals surface area (Å²) in [5, 5.41) is 2.66. The zero-order valence-electron chi connectivity index (χ0n) is 12.6. The first-order valence-electron chi connectivity index (χ1n) is 7.24. The van der Waals surface area contributed by atoms with Crippen molar-refractivity contribution >= 4 is 17.5 Å². The zero-order valence-corrected chi connectivity index (χ0v) is 13.4. The first-order chi connectivity index (χ1) is 11.5. The average molecular weight is 358 g/mol. The van der Waals surface area contributed by atoms with Gasteiger partial charge in [-0.05, 0) is 36.2 Å². The van der Waals surface area contributed by atoms with Gasteiger partial charge in [0.2, 0.25) is 5.91 Å². The highest BCUT2D eigenvalue weighted by Crippen LogP contribution is 2.18. The van der Waals surface area contributed by atoms with Gasteiger partial charge in [-0.3, -0.25) is 4.79 Å². The van der Waals surface area contributed by atoms with Gasteiger partial charge in [0.25, 0.3) is 0 Å². The predicted molar refractivity (Wildman–Crippen MR) is 84.3 cm³/mol. The molecule has 0 aromatic heterocycles. The molecule has 0 aliphatic carbocycles. The Bertz CT molecular complexity index is 725. The molecule has 0 radical (unpaired) electrons. The molecule has 0 saturated heterocycles. The second kappa shape index (κ2) is 8.59. The van der Waals surface area contributed by atoms with Gasteiger partial charge >= 0.3 is 0 Å². The van der Waals surface area contributed by atoms with Gasteiger partial charge in [0, 0.05) is 19.0 Å². The first-order valence-corrected chi connectivity index (χ1v) is 7.62. The molecule has 0 heterocycles. The lowest BCUT2D eigenvalue weighted by Gasteiger charge is -2.08. The third-order valence-corrected chi connectivity index (χ3v) is 3.46. The van der Waals surface area contributed by atoms with Crippen molar-refractivity contribution in [3.8, 4) is 5.75 Å². The molecule has 0 spiro atoms. The van der Waals surface area contributed by atoms with Crippen molar-refractivity contribution in [1.82, 2.24) is 5.32 Å². The van der Waals surface area contributed by atoms with Crippen LogP contribution < -0.4 is 10.1 Å². The van der Waals surface area contributed by atoms with Crippen LogP contribution in [0.2, 0.25) is 5.02 Å². The van der Waals surface area contributed by atoms with Crippen molar-refractivity contribution < 1.29 is 22.7 Å². The lowest BCUT2D eigenvalue weighted by atomic mass is 10.2. The van der Waals surface area contributed by atoms with Crippen LogP contribution in [0.15, 0.2) is 36.4 Å². The van der Waals surface area contributed by atoms with E-state index in [4.69, 9.17) is 16.3 Å². The first kappa shape index (κ1) is 18.1. The van der Waals surface area contributed by atoms with Gasteiger partial charge in [0.15, 0.2) is 11.6 Å². The number of carbonyl (C=O) groups is 1. The number of benzene rings is 2. The minimum absolute atomic E-state index is 0.00327. The van der Waals surface area contributed by atoms with Crippen molar-refractivity contribution in [2.75, 3.05) is 6.61 Å². The fraction of sp³-hybridized carbons (Fsp3) is 0.235. The largest absolute Gasteiger partial charge is 0.491 e. The fourth-order valence-electron chi connectivity index (χ4n) is 1.95. The minimum atomic E-state index is -0.785. The minimum Gasteiger partial charge on any atom is -0.491 e. The summed E-state index contributed by atoms with van der Waals surface area (Å²) in [6.07, 6.45) is 0.546. The van der Waals surface area contributed by atoms with Crippen molar-refractivity contribution in [2.45, 2.75) is 19.4 Å². The van der Waals surface area contributed by atoms with Gasteiger partial charge in [0.1, 0.15) is 11.6 Å². The standard InChI is InChI=1S/C17H15ClF3NO2/c18-13-8-11(3-5-14(13)20)10-22-17(23)2-1-7-24-16-6-4-12(19)9-15(16)21/h3-6,8-9H,1-2,7,10H2,(H,22,23). The molecule has 1 N–H and O–H groups in total. The van der Waals surface area contributed by atoms with E-state index in [2.05, 4.69) is 5.32 Å². The Morgan fingerprint density at radius 3 is 2.58 bits per heavy atom. The molecule has 2 aromatic carbocycles. The number of carbonyl (C=O) groups excluding carboxylic acids is 1. The second-order valence-corrected chi connectivity index (χ2v) is 5.46. The van der Waals surface area contributed by atoms with E-state index < -0.39 is 17.5 Å². The summed E-state index contributed by atoms with van der Waals surface area (Å²) < 4.78 is 44.2. The Kier molecular flexibility index (Phi) is 6.49. The molecule has 0 aliphatic heterocycles. The van der Waals surface area contributed by atoms with Gasteiger partial charge in [-0.1, -0.05) is 17.7 Å². The zero-order chi connectivity index (χ0) is 17.5. The maximum Gasteiger partial charge on any atom is 0.220 e. The maximum atomic E-state index is 13.3. The molecule has 2 rings (SSSR count). The molecule has 128 valence electrons. The highest BCUT2D eigenvalue weighted by molar-refractivity contribution is 6.30. The summed E-state index contributed by atoms with van der Waals surface area (Å²) in [4.78, 5) is 11.7. The normalized spacial score (nSPS) is 10.5. The number of nitrogens with one attached hydrogen (secondary N) is 1. The van der Waals surface area contributed by atoms with Crippen LogP contribution in [0.1, 0.15) is 18.4 Å². The molecule has 0 aliphatic rings. The van der Waals surface area contributed by atoms with E-state index in [9.17, 15) is 18.0 Å². The van der Waals surface area contributed by atoms with Crippen molar-refractivity contribution in [3.63, 3.8) is 0 Å². The summed E-state index contributed by atoms with van der Waals surface area (Å²) in [6.45, 7) is 0.352. The third-order valence-electron chi connectivity index (χ3n) is 3.17. The number of rotatable bonds is 7. The molecule has 0 fully saturated rings. The van der Waals surface area contributed by atoms with Gasteiger partial charge < -0.3 is 10.1 Å². The Labute approximate surface area is 142 Å². The van der Waals surface area contributed by atoms with Crippen LogP contribution in [-0.2, 0) is 11.3 Å². The van der Waals surface area contributed by atoms with Crippen LogP contribution in [0.4, 0.5) is 13.2 Å². The average Bonchev–Trinajstić information content (AvgIpc) is 2.54. The molecular weight excluding hydrogens is 343 g/mol. The van der Waals surface area contributed by atoms with Crippen LogP contribution in [0, 0.1) is 17.5 Å². The highest BCUT2D eigenvalue weighted by atomic mass is 35.5. The Morgan fingerprint density at radius 2 is 1.88 bits per heavy atom. The monoisotopic (exact) mass is 357 g/mol. The fourth-order valence-corrected chi connectivity index (χ4v) is 2.15. The molecule has 1 amide bonds. The molecule has 0 atom stereocenters. The van der Waals surface area contributed by atoms with Crippen LogP contribution in [0.5, 0.6) is 5.75 Å². The number of ether oxygens (including phenoxy) is 1. The number of hydrogen-bond acceptors (Lipinski definition) is 2. The molecule has 7 heteroatoms. The van der Waals surface area contributed by atoms with E-state index in [1.165, 1.54) is 24.3 Å². The molecule has 0 unspecified atom stereocenters. The van der Waals surface area contributed by atoms with Crippen LogP contribution in [0.3, 0.4) is 0 Å². The SMILES string of the molecule is O=C(CCCOc1ccc(F)cc1F)NCc1ccc(F)c(Cl)c1. The predicted octanol–water partition coefficient (Wildman–Crippen LogP) is 4.23. The van der Waals surface area contributed by atoms with Crippen LogP contribution in [-0.4, -0.2) is 12.5 Å². The Morgan fingerprint density at radius 1 is 1.08 bits per heavy atom. The molecule has 0 bridgehead atoms. The Balaban J connectivity index is 1.68. The van der Waals surface area contributed by atoms with Gasteiger partial charge in [-0.25, -0.2) is 13.2 Å². The number of halogens is 4. The van der Waals surface area contributed by atoms with Crippen LogP contribution in [0.25, 0.3) is 0 Å². The van der Waals surface area contributed by atoms with Crippen molar-refractivity contribution in [3.05, 3.63) is 64.4 Å². The summed E-state index contributed by atoms with van der Waals surface area (Å²) in [5.41, 5.74) is 0.680. The van der Waals surface area contributed by atoms with Crippen molar-refractivity contribution in [1.29, 1.82) is 0 Å². The lowest BCUT2D eigenvalue weighted by molar-refractivity contribution is -0.121. The summed E-state index contributed by atoms with van der Waals surface area (Å²) >= 11 is 5.65. The molecular formula is C17H15ClF3NO2. The number of amides is 1. The van der Waals surface area contributed by atoms with E-state index in [0.717, 1.165) is 12.1 Å². The quantitative estimate of drug-likeness (QED) is 0.753. The molecule has 0 saturated carbocycles. The number of hydrogen-bond donors (Lipinski definition) is 1. The van der Waals surface area contributed by atoms with Gasteiger partial charge in [0.05, 0.1) is 11.6 Å². The highest BCUT2D eigenvalue weighted by Gasteiger charge is 2.07. The van der Waals surface area contributed by atoms with Crippen molar-refractivity contribution in [2.24, 2.45) is 0 Å². The lowest BCUT2D eigenvalue weighted by Crippen LogP contribution is -2.23. The maximum absolute atomic E-state index is 13.3. The smallest absolute Gasteiger partial charge is 0.220 e. The molecule has 2 aromatic rings. The summed E-state index contributed by atoms with van der Waals surface area (Å²) in [6, 6.07) is 7.23. The van der Waals surface area contributed by atoms with E-state index in [1.54, 1.807) is 0 Å². The van der Waals surface area contributed by atoms with E-state index >= 15 is 0 Å². The summed E-state index contributed by atoms with van der Waals surface area (Å²) in [7, 11) is 0. The van der Waals surface area contributed by atoms with Gasteiger partial charge in [-0.15, -0.1) is 0 Å². The van der Waals surface area contributed by atoms with Crippen LogP contribution >= 0.6 is 11.6 Å². The second-order valence-electron chi connectivity index (χ2n) is 5.05. The molecule has 24 heavy (non-hydrogen) atoms. The topological polar surface area (TPSA) is 38.3 Å². The van der Waals surface area contributed by atoms with E-state index in [0.29, 0.717) is 12.0 Å². The van der Waals surface area contributed by atoms with E-state index in [-0.39, 0.29) is 36.3 Å². The van der Waals surface area contributed by atoms with Gasteiger partial charge in [-0.2, -0.15) is 0 Å².